The van der Waals surface area contributed by atoms with Crippen molar-refractivity contribution in [1.29, 1.82) is 0 Å². The number of aryl methyl sites for hydroxylation is 4. The Morgan fingerprint density at radius 1 is 0.574 bits per heavy atom. The van der Waals surface area contributed by atoms with E-state index in [4.69, 9.17) is 4.74 Å². The molecule has 0 unspecified atom stereocenters. The Labute approximate surface area is 329 Å². The quantitative estimate of drug-likeness (QED) is 0.0726. The summed E-state index contributed by atoms with van der Waals surface area (Å²) < 4.78 is 5.31. The van der Waals surface area contributed by atoms with Gasteiger partial charge in [0.15, 0.2) is 0 Å². The van der Waals surface area contributed by atoms with Crippen LogP contribution >= 0.6 is 0 Å². The third-order valence-electron chi connectivity index (χ3n) is 11.5. The van der Waals surface area contributed by atoms with E-state index in [1.165, 1.54) is 76.6 Å². The van der Waals surface area contributed by atoms with Crippen LogP contribution in [0.25, 0.3) is 0 Å². The van der Waals surface area contributed by atoms with Crippen LogP contribution < -0.4 is 4.74 Å². The molecule has 0 radical (unpaired) electrons. The minimum Gasteiger partial charge on any atom is -0.481 e. The Morgan fingerprint density at radius 2 is 1.07 bits per heavy atom. The summed E-state index contributed by atoms with van der Waals surface area (Å²) in [4.78, 5) is 0. The Balaban J connectivity index is 1.21. The molecule has 0 amide bonds. The first kappa shape index (κ1) is 42.7. The van der Waals surface area contributed by atoms with Crippen LogP contribution in [0.2, 0.25) is 0 Å². The first-order valence-corrected chi connectivity index (χ1v) is 20.3. The number of rotatable bonds is 20. The zero-order valence-corrected chi connectivity index (χ0v) is 35.5. The molecule has 4 aromatic carbocycles. The van der Waals surface area contributed by atoms with Crippen molar-refractivity contribution in [3.8, 4) is 5.75 Å². The fourth-order valence-electron chi connectivity index (χ4n) is 9.27. The zero-order chi connectivity index (χ0) is 39.7. The van der Waals surface area contributed by atoms with Gasteiger partial charge in [-0.1, -0.05) is 152 Å². The van der Waals surface area contributed by atoms with E-state index in [1.54, 1.807) is 0 Å². The molecule has 0 aliphatic rings. The number of hydrogen-bond acceptors (Lipinski definition) is 2. The second-order valence-electron chi connectivity index (χ2n) is 19.2. The van der Waals surface area contributed by atoms with Gasteiger partial charge >= 0.3 is 0 Å². The van der Waals surface area contributed by atoms with Crippen molar-refractivity contribution in [3.63, 3.8) is 0 Å². The average molecular weight is 727 g/mol. The molecule has 0 saturated heterocycles. The van der Waals surface area contributed by atoms with Gasteiger partial charge in [0, 0.05) is 5.41 Å². The lowest BCUT2D eigenvalue weighted by Crippen LogP contribution is -2.29. The van der Waals surface area contributed by atoms with Crippen molar-refractivity contribution < 1.29 is 9.84 Å². The summed E-state index contributed by atoms with van der Waals surface area (Å²) in [7, 11) is 0. The number of ether oxygens (including phenoxy) is 1. The van der Waals surface area contributed by atoms with Gasteiger partial charge < -0.3 is 9.84 Å². The minimum atomic E-state index is -0.269. The van der Waals surface area contributed by atoms with E-state index in [-0.39, 0.29) is 22.2 Å². The fourth-order valence-corrected chi connectivity index (χ4v) is 9.27. The van der Waals surface area contributed by atoms with E-state index in [9.17, 15) is 5.11 Å². The van der Waals surface area contributed by atoms with E-state index in [0.29, 0.717) is 11.2 Å². The number of hydrogen-bond donors (Lipinski definition) is 1. The van der Waals surface area contributed by atoms with Crippen LogP contribution in [0.5, 0.6) is 5.75 Å². The largest absolute Gasteiger partial charge is 0.481 e. The molecular weight excluding hydrogens is 657 g/mol. The van der Waals surface area contributed by atoms with Crippen molar-refractivity contribution in [2.45, 2.75) is 139 Å². The number of aliphatic hydroxyl groups is 1. The molecule has 2 heteroatoms. The van der Waals surface area contributed by atoms with Gasteiger partial charge in [0.1, 0.15) is 5.75 Å². The molecule has 290 valence electrons. The maximum absolute atomic E-state index is 9.37. The molecule has 54 heavy (non-hydrogen) atoms. The van der Waals surface area contributed by atoms with Crippen LogP contribution in [0.1, 0.15) is 138 Å². The molecule has 4 rings (SSSR count). The molecule has 0 spiro atoms. The standard InChI is InChI=1S/C52H70O2/c1-38(32-44-23-27-47(28-24-44)52(11,12)46-20-14-13-15-21-46)33-45-26-22-42(34-39(45)2)18-16-30-49(5,6)36-51(9,10)37-50(7,8)31-17-19-43-25-29-48(40(3)35-43)54-41(4)53/h13-15,20-29,34-35,53H,1,4,16-19,30-33,36-37H2,2-3,5-12H3. The van der Waals surface area contributed by atoms with Crippen molar-refractivity contribution >= 4 is 0 Å². The molecule has 0 aliphatic heterocycles. The monoisotopic (exact) mass is 727 g/mol. The summed E-state index contributed by atoms with van der Waals surface area (Å²) in [5.41, 5.74) is 12.7. The second-order valence-corrected chi connectivity index (χ2v) is 19.2. The molecule has 0 aliphatic carbocycles. The molecule has 1 N–H and O–H groups in total. The summed E-state index contributed by atoms with van der Waals surface area (Å²) in [5, 5.41) is 9.37. The number of aliphatic hydroxyl groups excluding tert-OH is 1. The van der Waals surface area contributed by atoms with E-state index in [2.05, 4.69) is 160 Å². The molecule has 2 nitrogen and oxygen atoms in total. The normalized spacial score (nSPS) is 12.5. The highest BCUT2D eigenvalue weighted by molar-refractivity contribution is 5.40. The van der Waals surface area contributed by atoms with Gasteiger partial charge in [-0.2, -0.15) is 0 Å². The van der Waals surface area contributed by atoms with Crippen LogP contribution in [0.3, 0.4) is 0 Å². The predicted octanol–water partition coefficient (Wildman–Crippen LogP) is 14.6. The van der Waals surface area contributed by atoms with Crippen LogP contribution in [-0.2, 0) is 31.1 Å². The van der Waals surface area contributed by atoms with E-state index in [0.717, 1.165) is 37.7 Å². The topological polar surface area (TPSA) is 29.5 Å². The SMILES string of the molecule is C=C(Cc1ccc(C(C)(C)c2ccccc2)cc1)Cc1ccc(CCCC(C)(C)CC(C)(C)CC(C)(C)CCCc2ccc(OC(=C)O)c(C)c2)cc1C. The first-order valence-electron chi connectivity index (χ1n) is 20.3. The summed E-state index contributed by atoms with van der Waals surface area (Å²) >= 11 is 0. The van der Waals surface area contributed by atoms with Gasteiger partial charge in [-0.3, -0.25) is 0 Å². The van der Waals surface area contributed by atoms with E-state index in [1.807, 2.05) is 13.0 Å². The van der Waals surface area contributed by atoms with Gasteiger partial charge in [-0.05, 0) is 151 Å². The average Bonchev–Trinajstić information content (AvgIpc) is 3.06. The highest BCUT2D eigenvalue weighted by atomic mass is 16.6. The Kier molecular flexibility index (Phi) is 14.3. The highest BCUT2D eigenvalue weighted by Crippen LogP contribution is 2.45. The van der Waals surface area contributed by atoms with Crippen molar-refractivity contribution in [3.05, 3.63) is 160 Å². The highest BCUT2D eigenvalue weighted by Gasteiger charge is 2.33. The fraction of sp³-hybridized carbons (Fsp3) is 0.462. The Morgan fingerprint density at radius 3 is 1.59 bits per heavy atom. The van der Waals surface area contributed by atoms with Gasteiger partial charge in [0.2, 0.25) is 0 Å². The van der Waals surface area contributed by atoms with Crippen LogP contribution in [0.15, 0.2) is 116 Å². The predicted molar refractivity (Wildman–Crippen MR) is 233 cm³/mol. The van der Waals surface area contributed by atoms with Gasteiger partial charge in [-0.25, -0.2) is 0 Å². The van der Waals surface area contributed by atoms with Gasteiger partial charge in [-0.15, -0.1) is 0 Å². The Hall–Kier alpha value is -4.04. The van der Waals surface area contributed by atoms with Crippen molar-refractivity contribution in [2.24, 2.45) is 16.2 Å². The second kappa shape index (κ2) is 18.1. The maximum atomic E-state index is 9.37. The van der Waals surface area contributed by atoms with Crippen LogP contribution in [0, 0.1) is 30.1 Å². The number of benzene rings is 4. The summed E-state index contributed by atoms with van der Waals surface area (Å²) in [6, 6.07) is 33.2. The number of allylic oxidation sites excluding steroid dienone is 1. The molecule has 0 fully saturated rings. The lowest BCUT2D eigenvalue weighted by Gasteiger charge is -2.40. The third kappa shape index (κ3) is 13.1. The lowest BCUT2D eigenvalue weighted by molar-refractivity contribution is 0.111. The molecule has 0 atom stereocenters. The summed E-state index contributed by atoms with van der Waals surface area (Å²) in [6.07, 6.45) is 11.3. The van der Waals surface area contributed by atoms with Crippen molar-refractivity contribution in [2.75, 3.05) is 0 Å². The molecule has 4 aromatic rings. The smallest absolute Gasteiger partial charge is 0.274 e. The van der Waals surface area contributed by atoms with Crippen LogP contribution in [0.4, 0.5) is 0 Å². The molecular formula is C52H70O2. The molecule has 0 bridgehead atoms. The summed E-state index contributed by atoms with van der Waals surface area (Å²) in [5.74, 6) is 0.397. The van der Waals surface area contributed by atoms with E-state index < -0.39 is 0 Å². The summed E-state index contributed by atoms with van der Waals surface area (Å²) in [6.45, 7) is 31.6. The molecule has 0 heterocycles. The Bertz CT molecular complexity index is 1840. The maximum Gasteiger partial charge on any atom is 0.274 e. The molecule has 0 saturated carbocycles. The zero-order valence-electron chi connectivity index (χ0n) is 35.5. The van der Waals surface area contributed by atoms with Gasteiger partial charge in [0.05, 0.1) is 0 Å². The first-order chi connectivity index (χ1) is 25.2. The van der Waals surface area contributed by atoms with Gasteiger partial charge in [0.25, 0.3) is 5.95 Å². The molecule has 0 aromatic heterocycles. The lowest BCUT2D eigenvalue weighted by atomic mass is 9.65. The van der Waals surface area contributed by atoms with E-state index >= 15 is 0 Å². The van der Waals surface area contributed by atoms with Crippen molar-refractivity contribution in [1.82, 2.24) is 0 Å². The minimum absolute atomic E-state index is 0.0226. The van der Waals surface area contributed by atoms with Crippen LogP contribution in [-0.4, -0.2) is 5.11 Å². The third-order valence-corrected chi connectivity index (χ3v) is 11.5.